The standard InChI is InChI=1S/C17H15N3O.ClH/c1-20-15(13-8-4-2-5-9-13)12-18-17(20)19-16(21)14-10-6-3-7-11-14;/h2-12H,1H3,(H,18,19,21);1H. The molecule has 3 aromatic rings. The summed E-state index contributed by atoms with van der Waals surface area (Å²) in [6, 6.07) is 19.1. The third-order valence-electron chi connectivity index (χ3n) is 3.32. The molecule has 0 atom stereocenters. The summed E-state index contributed by atoms with van der Waals surface area (Å²) < 4.78 is 1.87. The molecule has 22 heavy (non-hydrogen) atoms. The molecule has 0 spiro atoms. The van der Waals surface area contributed by atoms with E-state index in [9.17, 15) is 4.79 Å². The number of carbonyl (C=O) groups is 1. The van der Waals surface area contributed by atoms with Gasteiger partial charge in [-0.2, -0.15) is 0 Å². The lowest BCUT2D eigenvalue weighted by atomic mass is 10.2. The molecule has 4 nitrogen and oxygen atoms in total. The molecule has 0 fully saturated rings. The Morgan fingerprint density at radius 1 is 1.00 bits per heavy atom. The van der Waals surface area contributed by atoms with E-state index in [2.05, 4.69) is 10.3 Å². The molecule has 1 aromatic heterocycles. The minimum Gasteiger partial charge on any atom is -0.313 e. The molecule has 1 N–H and O–H groups in total. The van der Waals surface area contributed by atoms with Gasteiger partial charge in [-0.15, -0.1) is 12.4 Å². The zero-order chi connectivity index (χ0) is 14.7. The van der Waals surface area contributed by atoms with Gasteiger partial charge in [0.25, 0.3) is 5.91 Å². The van der Waals surface area contributed by atoms with Gasteiger partial charge in [-0.05, 0) is 17.7 Å². The maximum Gasteiger partial charge on any atom is 0.257 e. The fourth-order valence-corrected chi connectivity index (χ4v) is 2.17. The molecular weight excluding hydrogens is 298 g/mol. The average molecular weight is 314 g/mol. The van der Waals surface area contributed by atoms with Crippen molar-refractivity contribution in [3.05, 3.63) is 72.4 Å². The number of rotatable bonds is 3. The van der Waals surface area contributed by atoms with Crippen LogP contribution in [0.2, 0.25) is 0 Å². The second-order valence-corrected chi connectivity index (χ2v) is 4.71. The number of anilines is 1. The molecule has 0 saturated carbocycles. The molecule has 0 aliphatic heterocycles. The predicted molar refractivity (Wildman–Crippen MR) is 90.3 cm³/mol. The Labute approximate surface area is 135 Å². The first-order valence-corrected chi connectivity index (χ1v) is 6.69. The fourth-order valence-electron chi connectivity index (χ4n) is 2.17. The van der Waals surface area contributed by atoms with Crippen LogP contribution in [0.4, 0.5) is 5.95 Å². The molecule has 0 bridgehead atoms. The first-order valence-electron chi connectivity index (χ1n) is 6.69. The first-order chi connectivity index (χ1) is 10.3. The Hall–Kier alpha value is -2.59. The lowest BCUT2D eigenvalue weighted by Crippen LogP contribution is -2.15. The Kier molecular flexibility index (Phi) is 4.96. The highest BCUT2D eigenvalue weighted by Crippen LogP contribution is 2.21. The van der Waals surface area contributed by atoms with Gasteiger partial charge in [0.1, 0.15) is 0 Å². The Morgan fingerprint density at radius 2 is 1.59 bits per heavy atom. The van der Waals surface area contributed by atoms with Crippen LogP contribution in [0.3, 0.4) is 0 Å². The number of halogens is 1. The van der Waals surface area contributed by atoms with Gasteiger partial charge in [0, 0.05) is 12.6 Å². The normalized spacial score (nSPS) is 9.86. The molecule has 0 aliphatic rings. The Morgan fingerprint density at radius 3 is 2.23 bits per heavy atom. The van der Waals surface area contributed by atoms with Crippen LogP contribution in [0.5, 0.6) is 0 Å². The number of benzene rings is 2. The van der Waals surface area contributed by atoms with Crippen molar-refractivity contribution in [2.75, 3.05) is 5.32 Å². The van der Waals surface area contributed by atoms with Gasteiger partial charge in [0.2, 0.25) is 5.95 Å². The van der Waals surface area contributed by atoms with Crippen LogP contribution >= 0.6 is 12.4 Å². The van der Waals surface area contributed by atoms with Crippen molar-refractivity contribution >= 4 is 24.3 Å². The molecule has 0 unspecified atom stereocenters. The van der Waals surface area contributed by atoms with Crippen molar-refractivity contribution < 1.29 is 4.79 Å². The molecule has 2 aromatic carbocycles. The second-order valence-electron chi connectivity index (χ2n) is 4.71. The van der Waals surface area contributed by atoms with E-state index in [1.165, 1.54) is 0 Å². The van der Waals surface area contributed by atoms with Crippen LogP contribution < -0.4 is 5.32 Å². The van der Waals surface area contributed by atoms with Gasteiger partial charge in [-0.3, -0.25) is 10.1 Å². The minimum atomic E-state index is -0.163. The monoisotopic (exact) mass is 313 g/mol. The van der Waals surface area contributed by atoms with Crippen LogP contribution in [0.1, 0.15) is 10.4 Å². The van der Waals surface area contributed by atoms with Crippen molar-refractivity contribution in [1.29, 1.82) is 0 Å². The highest BCUT2D eigenvalue weighted by molar-refractivity contribution is 6.03. The highest BCUT2D eigenvalue weighted by atomic mass is 35.5. The molecule has 1 heterocycles. The summed E-state index contributed by atoms with van der Waals surface area (Å²) in [4.78, 5) is 16.4. The molecule has 1 amide bonds. The van der Waals surface area contributed by atoms with E-state index in [0.717, 1.165) is 11.3 Å². The van der Waals surface area contributed by atoms with Gasteiger partial charge in [-0.25, -0.2) is 4.98 Å². The number of aromatic nitrogens is 2. The number of hydrogen-bond acceptors (Lipinski definition) is 2. The summed E-state index contributed by atoms with van der Waals surface area (Å²) >= 11 is 0. The summed E-state index contributed by atoms with van der Waals surface area (Å²) in [5.74, 6) is 0.367. The third kappa shape index (κ3) is 3.18. The van der Waals surface area contributed by atoms with Crippen molar-refractivity contribution in [1.82, 2.24) is 9.55 Å². The van der Waals surface area contributed by atoms with Gasteiger partial charge in [0.05, 0.1) is 11.9 Å². The van der Waals surface area contributed by atoms with Gasteiger partial charge < -0.3 is 4.57 Å². The summed E-state index contributed by atoms with van der Waals surface area (Å²) in [5, 5.41) is 2.83. The third-order valence-corrected chi connectivity index (χ3v) is 3.32. The van der Waals surface area contributed by atoms with Crippen molar-refractivity contribution in [2.45, 2.75) is 0 Å². The van der Waals surface area contributed by atoms with Crippen LogP contribution in [0, 0.1) is 0 Å². The van der Waals surface area contributed by atoms with Crippen LogP contribution in [0.15, 0.2) is 66.9 Å². The quantitative estimate of drug-likeness (QED) is 0.800. The van der Waals surface area contributed by atoms with E-state index in [1.807, 2.05) is 60.1 Å². The number of hydrogen-bond donors (Lipinski definition) is 1. The Bertz CT molecular complexity index is 754. The molecule has 0 aliphatic carbocycles. The van der Waals surface area contributed by atoms with E-state index in [0.29, 0.717) is 11.5 Å². The minimum absolute atomic E-state index is 0. The topological polar surface area (TPSA) is 46.9 Å². The number of nitrogens with one attached hydrogen (secondary N) is 1. The van der Waals surface area contributed by atoms with Crippen LogP contribution in [-0.4, -0.2) is 15.5 Å². The van der Waals surface area contributed by atoms with Crippen LogP contribution in [-0.2, 0) is 7.05 Å². The van der Waals surface area contributed by atoms with Crippen molar-refractivity contribution in [3.63, 3.8) is 0 Å². The molecule has 0 radical (unpaired) electrons. The lowest BCUT2D eigenvalue weighted by molar-refractivity contribution is 0.102. The smallest absolute Gasteiger partial charge is 0.257 e. The SMILES string of the molecule is Cl.Cn1c(-c2ccccc2)cnc1NC(=O)c1ccccc1. The zero-order valence-electron chi connectivity index (χ0n) is 12.1. The van der Waals surface area contributed by atoms with E-state index in [-0.39, 0.29) is 18.3 Å². The number of amides is 1. The summed E-state index contributed by atoms with van der Waals surface area (Å²) in [5.41, 5.74) is 2.63. The fraction of sp³-hybridized carbons (Fsp3) is 0.0588. The zero-order valence-corrected chi connectivity index (χ0v) is 12.9. The van der Waals surface area contributed by atoms with Gasteiger partial charge in [0.15, 0.2) is 0 Å². The predicted octanol–water partition coefficient (Wildman–Crippen LogP) is 3.76. The summed E-state index contributed by atoms with van der Waals surface area (Å²) in [6.07, 6.45) is 1.76. The Balaban J connectivity index is 0.00000176. The molecule has 3 rings (SSSR count). The van der Waals surface area contributed by atoms with E-state index in [4.69, 9.17) is 0 Å². The van der Waals surface area contributed by atoms with E-state index in [1.54, 1.807) is 18.3 Å². The second kappa shape index (κ2) is 6.91. The van der Waals surface area contributed by atoms with E-state index >= 15 is 0 Å². The highest BCUT2D eigenvalue weighted by Gasteiger charge is 2.12. The molecule has 112 valence electrons. The van der Waals surface area contributed by atoms with Crippen LogP contribution in [0.25, 0.3) is 11.3 Å². The number of carbonyl (C=O) groups excluding carboxylic acids is 1. The maximum atomic E-state index is 12.1. The molecular formula is C17H16ClN3O. The number of nitrogens with zero attached hydrogens (tertiary/aromatic N) is 2. The largest absolute Gasteiger partial charge is 0.313 e. The number of imidazole rings is 1. The molecule has 0 saturated heterocycles. The van der Waals surface area contributed by atoms with Crippen molar-refractivity contribution in [2.24, 2.45) is 7.05 Å². The first kappa shape index (κ1) is 15.8. The average Bonchev–Trinajstić information content (AvgIpc) is 2.90. The van der Waals surface area contributed by atoms with Gasteiger partial charge >= 0.3 is 0 Å². The van der Waals surface area contributed by atoms with Crippen molar-refractivity contribution in [3.8, 4) is 11.3 Å². The summed E-state index contributed by atoms with van der Waals surface area (Å²) in [7, 11) is 1.88. The summed E-state index contributed by atoms with van der Waals surface area (Å²) in [6.45, 7) is 0. The lowest BCUT2D eigenvalue weighted by Gasteiger charge is -2.07. The maximum absolute atomic E-state index is 12.1. The van der Waals surface area contributed by atoms with Gasteiger partial charge in [-0.1, -0.05) is 48.5 Å². The van der Waals surface area contributed by atoms with E-state index < -0.39 is 0 Å². The molecule has 5 heteroatoms.